The molecule has 0 aliphatic carbocycles. The van der Waals surface area contributed by atoms with E-state index in [9.17, 15) is 0 Å². The molecule has 0 fully saturated rings. The summed E-state index contributed by atoms with van der Waals surface area (Å²) in [5.74, 6) is 0.782. The van der Waals surface area contributed by atoms with Crippen molar-refractivity contribution in [3.63, 3.8) is 0 Å². The van der Waals surface area contributed by atoms with E-state index in [1.54, 1.807) is 0 Å². The summed E-state index contributed by atoms with van der Waals surface area (Å²) in [6, 6.07) is 11.8. The lowest BCUT2D eigenvalue weighted by atomic mass is 10.2. The molecule has 5 heteroatoms. The highest BCUT2D eigenvalue weighted by atomic mass is 79.9. The Morgan fingerprint density at radius 3 is 2.40 bits per heavy atom. The summed E-state index contributed by atoms with van der Waals surface area (Å²) in [6.07, 6.45) is 0. The second kappa shape index (κ2) is 7.46. The van der Waals surface area contributed by atoms with Gasteiger partial charge >= 0.3 is 0 Å². The zero-order valence-electron chi connectivity index (χ0n) is 10.9. The number of rotatable bonds is 5. The van der Waals surface area contributed by atoms with Gasteiger partial charge in [0.05, 0.1) is 8.95 Å². The Bertz CT molecular complexity index is 581. The van der Waals surface area contributed by atoms with Crippen molar-refractivity contribution in [3.05, 3.63) is 61.5 Å². The summed E-state index contributed by atoms with van der Waals surface area (Å²) < 4.78 is 7.71. The maximum absolute atomic E-state index is 6.12. The van der Waals surface area contributed by atoms with Crippen molar-refractivity contribution in [1.29, 1.82) is 0 Å². The first-order valence-corrected chi connectivity index (χ1v) is 8.07. The number of benzene rings is 2. The molecule has 0 radical (unpaired) electrons. The molecule has 0 heterocycles. The van der Waals surface area contributed by atoms with E-state index in [0.717, 1.165) is 26.8 Å². The minimum Gasteiger partial charge on any atom is -0.486 e. The van der Waals surface area contributed by atoms with Gasteiger partial charge in [-0.2, -0.15) is 0 Å². The van der Waals surface area contributed by atoms with Gasteiger partial charge in [0.15, 0.2) is 0 Å². The lowest BCUT2D eigenvalue weighted by molar-refractivity contribution is 0.302. The van der Waals surface area contributed by atoms with Crippen LogP contribution in [0.2, 0.25) is 5.02 Å². The first-order chi connectivity index (χ1) is 9.61. The van der Waals surface area contributed by atoms with E-state index in [-0.39, 0.29) is 0 Å². The Kier molecular flexibility index (Phi) is 5.90. The Morgan fingerprint density at radius 1 is 1.15 bits per heavy atom. The fraction of sp³-hybridized carbons (Fsp3) is 0.200. The second-order valence-electron chi connectivity index (χ2n) is 4.30. The molecule has 0 atom stereocenters. The quantitative estimate of drug-likeness (QED) is 0.723. The minimum atomic E-state index is 0.433. The maximum Gasteiger partial charge on any atom is 0.148 e. The summed E-state index contributed by atoms with van der Waals surface area (Å²) in [7, 11) is 1.92. The second-order valence-corrected chi connectivity index (χ2v) is 6.41. The lowest BCUT2D eigenvalue weighted by Crippen LogP contribution is -2.05. The Morgan fingerprint density at radius 2 is 1.80 bits per heavy atom. The summed E-state index contributed by atoms with van der Waals surface area (Å²) in [6.45, 7) is 1.24. The lowest BCUT2D eigenvalue weighted by Gasteiger charge is -2.13. The van der Waals surface area contributed by atoms with Crippen molar-refractivity contribution in [1.82, 2.24) is 5.32 Å². The highest BCUT2D eigenvalue weighted by Gasteiger charge is 2.10. The number of nitrogens with one attached hydrogen (secondary N) is 1. The summed E-state index contributed by atoms with van der Waals surface area (Å²) in [5, 5.41) is 3.84. The van der Waals surface area contributed by atoms with Crippen molar-refractivity contribution in [2.24, 2.45) is 0 Å². The number of hydrogen-bond donors (Lipinski definition) is 1. The molecule has 2 nitrogen and oxygen atoms in total. The van der Waals surface area contributed by atoms with E-state index in [4.69, 9.17) is 16.3 Å². The summed E-state index contributed by atoms with van der Waals surface area (Å²) in [5.41, 5.74) is 2.14. The molecule has 2 rings (SSSR count). The summed E-state index contributed by atoms with van der Waals surface area (Å²) in [4.78, 5) is 0. The number of hydrogen-bond acceptors (Lipinski definition) is 2. The average Bonchev–Trinajstić information content (AvgIpc) is 2.40. The molecule has 0 aromatic heterocycles. The molecular weight excluding hydrogens is 405 g/mol. The van der Waals surface area contributed by atoms with Gasteiger partial charge in [0.2, 0.25) is 0 Å². The molecule has 0 amide bonds. The third-order valence-corrected chi connectivity index (χ3v) is 4.32. The molecular formula is C15H14Br2ClNO. The molecule has 0 saturated heterocycles. The van der Waals surface area contributed by atoms with E-state index in [2.05, 4.69) is 37.2 Å². The Labute approximate surface area is 140 Å². The molecule has 0 unspecified atom stereocenters. The Hall–Kier alpha value is -0.550. The molecule has 0 aliphatic rings. The predicted molar refractivity (Wildman–Crippen MR) is 90.4 cm³/mol. The SMILES string of the molecule is CNCc1cc(Br)c(OCc2ccccc2Cl)c(Br)c1. The highest BCUT2D eigenvalue weighted by molar-refractivity contribution is 9.11. The molecule has 0 spiro atoms. The van der Waals surface area contributed by atoms with Gasteiger partial charge in [-0.3, -0.25) is 0 Å². The molecule has 1 N–H and O–H groups in total. The van der Waals surface area contributed by atoms with Gasteiger partial charge in [-0.05, 0) is 62.7 Å². The molecule has 2 aromatic carbocycles. The molecule has 2 aromatic rings. The molecule has 0 bridgehead atoms. The standard InChI is InChI=1S/C15H14Br2ClNO/c1-19-8-10-6-12(16)15(13(17)7-10)20-9-11-4-2-3-5-14(11)18/h2-7,19H,8-9H2,1H3. The minimum absolute atomic E-state index is 0.433. The third-order valence-electron chi connectivity index (χ3n) is 2.77. The van der Waals surface area contributed by atoms with E-state index >= 15 is 0 Å². The zero-order valence-corrected chi connectivity index (χ0v) is 14.8. The third kappa shape index (κ3) is 3.98. The van der Waals surface area contributed by atoms with Crippen LogP contribution in [0.15, 0.2) is 45.3 Å². The predicted octanol–water partition coefficient (Wildman–Crippen LogP) is 5.16. The fourth-order valence-electron chi connectivity index (χ4n) is 1.82. The van der Waals surface area contributed by atoms with Gasteiger partial charge < -0.3 is 10.1 Å². The van der Waals surface area contributed by atoms with E-state index in [1.807, 2.05) is 43.4 Å². The van der Waals surface area contributed by atoms with Crippen LogP contribution >= 0.6 is 43.5 Å². The van der Waals surface area contributed by atoms with Crippen LogP contribution in [0.25, 0.3) is 0 Å². The smallest absolute Gasteiger partial charge is 0.148 e. The van der Waals surface area contributed by atoms with Crippen LogP contribution in [-0.4, -0.2) is 7.05 Å². The summed E-state index contributed by atoms with van der Waals surface area (Å²) >= 11 is 13.2. The van der Waals surface area contributed by atoms with Crippen LogP contribution in [-0.2, 0) is 13.2 Å². The molecule has 106 valence electrons. The first kappa shape index (κ1) is 15.8. The van der Waals surface area contributed by atoms with Crippen LogP contribution < -0.4 is 10.1 Å². The van der Waals surface area contributed by atoms with E-state index in [1.165, 1.54) is 5.56 Å². The van der Waals surface area contributed by atoms with Crippen LogP contribution in [0.3, 0.4) is 0 Å². The molecule has 0 saturated carbocycles. The van der Waals surface area contributed by atoms with Gasteiger partial charge in [0, 0.05) is 17.1 Å². The van der Waals surface area contributed by atoms with Gasteiger partial charge in [-0.1, -0.05) is 29.8 Å². The topological polar surface area (TPSA) is 21.3 Å². The van der Waals surface area contributed by atoms with Crippen LogP contribution in [0, 0.1) is 0 Å². The Balaban J connectivity index is 2.16. The van der Waals surface area contributed by atoms with Crippen molar-refractivity contribution in [3.8, 4) is 5.75 Å². The largest absolute Gasteiger partial charge is 0.486 e. The monoisotopic (exact) mass is 417 g/mol. The van der Waals surface area contributed by atoms with Gasteiger partial charge in [0.1, 0.15) is 12.4 Å². The van der Waals surface area contributed by atoms with E-state index in [0.29, 0.717) is 11.6 Å². The van der Waals surface area contributed by atoms with Crippen LogP contribution in [0.5, 0.6) is 5.75 Å². The number of halogens is 3. The average molecular weight is 420 g/mol. The normalized spacial score (nSPS) is 10.6. The van der Waals surface area contributed by atoms with Gasteiger partial charge in [0.25, 0.3) is 0 Å². The number of ether oxygens (including phenoxy) is 1. The van der Waals surface area contributed by atoms with Crippen molar-refractivity contribution < 1.29 is 4.74 Å². The van der Waals surface area contributed by atoms with Crippen molar-refractivity contribution in [2.75, 3.05) is 7.05 Å². The van der Waals surface area contributed by atoms with Crippen LogP contribution in [0.1, 0.15) is 11.1 Å². The van der Waals surface area contributed by atoms with Crippen molar-refractivity contribution in [2.45, 2.75) is 13.2 Å². The fourth-order valence-corrected chi connectivity index (χ4v) is 3.52. The van der Waals surface area contributed by atoms with Crippen molar-refractivity contribution >= 4 is 43.5 Å². The van der Waals surface area contributed by atoms with Gasteiger partial charge in [-0.25, -0.2) is 0 Å². The molecule has 20 heavy (non-hydrogen) atoms. The molecule has 0 aliphatic heterocycles. The zero-order chi connectivity index (χ0) is 14.5. The first-order valence-electron chi connectivity index (χ1n) is 6.10. The van der Waals surface area contributed by atoms with Crippen LogP contribution in [0.4, 0.5) is 0 Å². The highest BCUT2D eigenvalue weighted by Crippen LogP contribution is 2.35. The maximum atomic E-state index is 6.12. The van der Waals surface area contributed by atoms with Gasteiger partial charge in [-0.15, -0.1) is 0 Å². The van der Waals surface area contributed by atoms with E-state index < -0.39 is 0 Å².